The number of amides is 2. The summed E-state index contributed by atoms with van der Waals surface area (Å²) in [6.07, 6.45) is 5.63. The molecule has 2 aromatic heterocycles. The lowest BCUT2D eigenvalue weighted by Crippen LogP contribution is -2.39. The van der Waals surface area contributed by atoms with Crippen molar-refractivity contribution in [2.24, 2.45) is 7.05 Å². The Balaban J connectivity index is 1.47. The fourth-order valence-electron chi connectivity index (χ4n) is 3.63. The zero-order chi connectivity index (χ0) is 19.7. The zero-order valence-electron chi connectivity index (χ0n) is 16.1. The van der Waals surface area contributed by atoms with Crippen LogP contribution >= 0.6 is 0 Å². The average molecular weight is 381 g/mol. The van der Waals surface area contributed by atoms with Crippen LogP contribution in [0.3, 0.4) is 0 Å². The smallest absolute Gasteiger partial charge is 0.319 e. The molecule has 1 fully saturated rings. The second-order valence-electron chi connectivity index (χ2n) is 6.94. The summed E-state index contributed by atoms with van der Waals surface area (Å²) in [5, 5.41) is 10.4. The molecule has 2 N–H and O–H groups in total. The van der Waals surface area contributed by atoms with Crippen molar-refractivity contribution in [2.45, 2.75) is 32.4 Å². The minimum absolute atomic E-state index is 0.113. The minimum Gasteiger partial charge on any atom is -0.445 e. The zero-order valence-corrected chi connectivity index (χ0v) is 16.1. The van der Waals surface area contributed by atoms with Gasteiger partial charge in [0.1, 0.15) is 12.4 Å². The van der Waals surface area contributed by atoms with Gasteiger partial charge in [-0.15, -0.1) is 0 Å². The molecule has 0 aliphatic carbocycles. The van der Waals surface area contributed by atoms with Crippen LogP contribution in [0.1, 0.15) is 29.3 Å². The van der Waals surface area contributed by atoms with E-state index >= 15 is 0 Å². The van der Waals surface area contributed by atoms with Gasteiger partial charge in [-0.2, -0.15) is 5.10 Å². The van der Waals surface area contributed by atoms with Crippen LogP contribution in [0, 0.1) is 13.8 Å². The molecular weight excluding hydrogens is 358 g/mol. The van der Waals surface area contributed by atoms with Crippen LogP contribution in [0.4, 0.5) is 10.5 Å². The molecule has 3 heterocycles. The lowest BCUT2D eigenvalue weighted by molar-refractivity contribution is 0.0998. The van der Waals surface area contributed by atoms with Crippen LogP contribution in [0.15, 0.2) is 41.3 Å². The second kappa shape index (κ2) is 7.47. The van der Waals surface area contributed by atoms with Crippen molar-refractivity contribution >= 4 is 11.7 Å². The summed E-state index contributed by atoms with van der Waals surface area (Å²) in [6, 6.07) is 5.25. The molecule has 1 aromatic carbocycles. The number of oxazole rings is 1. The van der Waals surface area contributed by atoms with Gasteiger partial charge in [-0.05, 0) is 38.0 Å². The van der Waals surface area contributed by atoms with E-state index < -0.39 is 0 Å². The fourth-order valence-corrected chi connectivity index (χ4v) is 3.63. The molecule has 0 radical (unpaired) electrons. The summed E-state index contributed by atoms with van der Waals surface area (Å²) in [6.45, 7) is 4.48. The van der Waals surface area contributed by atoms with Gasteiger partial charge in [0.2, 0.25) is 5.89 Å². The number of aryl methyl sites for hydroxylation is 2. The highest BCUT2D eigenvalue weighted by Crippen LogP contribution is 2.31. The Morgan fingerprint density at radius 2 is 2.18 bits per heavy atom. The van der Waals surface area contributed by atoms with Gasteiger partial charge in [0, 0.05) is 36.7 Å². The first kappa shape index (κ1) is 18.2. The first-order valence-corrected chi connectivity index (χ1v) is 9.21. The van der Waals surface area contributed by atoms with E-state index in [1.54, 1.807) is 10.9 Å². The van der Waals surface area contributed by atoms with Crippen LogP contribution in [-0.4, -0.2) is 33.4 Å². The summed E-state index contributed by atoms with van der Waals surface area (Å²) >= 11 is 0. The molecule has 3 aromatic rings. The van der Waals surface area contributed by atoms with Crippen LogP contribution in [-0.2, 0) is 11.8 Å². The predicted octanol–water partition coefficient (Wildman–Crippen LogP) is 3.34. The number of benzene rings is 1. The number of aromatic nitrogens is 3. The third-order valence-electron chi connectivity index (χ3n) is 5.01. The van der Waals surface area contributed by atoms with Gasteiger partial charge < -0.3 is 19.8 Å². The molecule has 28 heavy (non-hydrogen) atoms. The number of hydrogen-bond acceptors (Lipinski definition) is 5. The lowest BCUT2D eigenvalue weighted by atomic mass is 10.0. The SMILES string of the molecule is Cc1nn(C)cc1[C@H]1OCC[C@@H]1NC(=O)Nc1cccc(-c2ncco2)c1C. The van der Waals surface area contributed by atoms with Crippen molar-refractivity contribution in [3.8, 4) is 11.5 Å². The van der Waals surface area contributed by atoms with Crippen LogP contribution in [0.5, 0.6) is 0 Å². The Kier molecular flexibility index (Phi) is 4.87. The number of carbonyl (C=O) groups excluding carboxylic acids is 1. The number of nitrogens with zero attached hydrogens (tertiary/aromatic N) is 3. The molecule has 0 unspecified atom stereocenters. The quantitative estimate of drug-likeness (QED) is 0.723. The summed E-state index contributed by atoms with van der Waals surface area (Å²) in [5.74, 6) is 0.526. The van der Waals surface area contributed by atoms with Gasteiger partial charge >= 0.3 is 6.03 Å². The van der Waals surface area contributed by atoms with Gasteiger partial charge in [0.15, 0.2) is 0 Å². The van der Waals surface area contributed by atoms with Crippen molar-refractivity contribution in [3.63, 3.8) is 0 Å². The number of carbonyl (C=O) groups is 1. The molecule has 0 bridgehead atoms. The first-order chi connectivity index (χ1) is 13.5. The Bertz CT molecular complexity index is 980. The Hall–Kier alpha value is -3.13. The fraction of sp³-hybridized carbons (Fsp3) is 0.350. The van der Waals surface area contributed by atoms with Gasteiger partial charge in [0.25, 0.3) is 0 Å². The topological polar surface area (TPSA) is 94.2 Å². The average Bonchev–Trinajstić information content (AvgIpc) is 3.38. The molecule has 8 nitrogen and oxygen atoms in total. The van der Waals surface area contributed by atoms with E-state index in [-0.39, 0.29) is 18.2 Å². The highest BCUT2D eigenvalue weighted by molar-refractivity contribution is 5.91. The van der Waals surface area contributed by atoms with Crippen molar-refractivity contribution in [1.82, 2.24) is 20.1 Å². The van der Waals surface area contributed by atoms with E-state index in [1.165, 1.54) is 6.26 Å². The molecule has 4 rings (SSSR count). The number of ether oxygens (including phenoxy) is 1. The normalized spacial score (nSPS) is 19.0. The molecule has 2 amide bonds. The molecule has 1 aliphatic heterocycles. The van der Waals surface area contributed by atoms with Gasteiger partial charge in [-0.1, -0.05) is 6.07 Å². The highest BCUT2D eigenvalue weighted by atomic mass is 16.5. The van der Waals surface area contributed by atoms with Crippen molar-refractivity contribution < 1.29 is 13.9 Å². The molecule has 0 spiro atoms. The first-order valence-electron chi connectivity index (χ1n) is 9.21. The Morgan fingerprint density at radius 3 is 2.89 bits per heavy atom. The van der Waals surface area contributed by atoms with Crippen LogP contribution < -0.4 is 10.6 Å². The Morgan fingerprint density at radius 1 is 1.32 bits per heavy atom. The summed E-state index contributed by atoms with van der Waals surface area (Å²) in [7, 11) is 1.88. The van der Waals surface area contributed by atoms with E-state index in [1.807, 2.05) is 45.3 Å². The standard InChI is InChI=1S/C20H23N5O3/c1-12-14(19-21-8-10-28-19)5-4-6-16(12)22-20(26)23-17-7-9-27-18(17)15-11-25(3)24-13(15)2/h4-6,8,10-11,17-18H,7,9H2,1-3H3,(H2,22,23,26)/t17-,18+/m0/s1. The summed E-state index contributed by atoms with van der Waals surface area (Å²) in [5.41, 5.74) is 4.36. The molecule has 146 valence electrons. The van der Waals surface area contributed by atoms with E-state index in [4.69, 9.17) is 9.15 Å². The number of hydrogen-bond donors (Lipinski definition) is 2. The number of nitrogens with one attached hydrogen (secondary N) is 2. The van der Waals surface area contributed by atoms with Crippen LogP contribution in [0.2, 0.25) is 0 Å². The maximum Gasteiger partial charge on any atom is 0.319 e. The van der Waals surface area contributed by atoms with E-state index in [9.17, 15) is 4.79 Å². The van der Waals surface area contributed by atoms with Gasteiger partial charge in [-0.25, -0.2) is 9.78 Å². The third-order valence-corrected chi connectivity index (χ3v) is 5.01. The van der Waals surface area contributed by atoms with Crippen molar-refractivity contribution in [2.75, 3.05) is 11.9 Å². The number of anilines is 1. The largest absolute Gasteiger partial charge is 0.445 e. The molecular formula is C20H23N5O3. The van der Waals surface area contributed by atoms with E-state index in [0.29, 0.717) is 18.2 Å². The third kappa shape index (κ3) is 3.50. The molecule has 1 aliphatic rings. The van der Waals surface area contributed by atoms with Crippen molar-refractivity contribution in [3.05, 3.63) is 53.7 Å². The predicted molar refractivity (Wildman–Crippen MR) is 104 cm³/mol. The van der Waals surface area contributed by atoms with E-state index in [2.05, 4.69) is 20.7 Å². The van der Waals surface area contributed by atoms with Crippen LogP contribution in [0.25, 0.3) is 11.5 Å². The summed E-state index contributed by atoms with van der Waals surface area (Å²) < 4.78 is 13.0. The summed E-state index contributed by atoms with van der Waals surface area (Å²) in [4.78, 5) is 16.8. The molecule has 0 saturated carbocycles. The maximum absolute atomic E-state index is 12.6. The monoisotopic (exact) mass is 381 g/mol. The number of rotatable bonds is 4. The maximum atomic E-state index is 12.6. The van der Waals surface area contributed by atoms with Crippen molar-refractivity contribution in [1.29, 1.82) is 0 Å². The Labute approximate surface area is 162 Å². The molecule has 8 heteroatoms. The molecule has 1 saturated heterocycles. The highest BCUT2D eigenvalue weighted by Gasteiger charge is 2.33. The number of urea groups is 1. The van der Waals surface area contributed by atoms with Gasteiger partial charge in [0.05, 0.1) is 17.9 Å². The van der Waals surface area contributed by atoms with E-state index in [0.717, 1.165) is 28.8 Å². The lowest BCUT2D eigenvalue weighted by Gasteiger charge is -2.20. The molecule has 2 atom stereocenters. The second-order valence-corrected chi connectivity index (χ2v) is 6.94. The minimum atomic E-state index is -0.269. The van der Waals surface area contributed by atoms with Gasteiger partial charge in [-0.3, -0.25) is 4.68 Å².